The van der Waals surface area contributed by atoms with E-state index in [9.17, 15) is 9.90 Å². The van der Waals surface area contributed by atoms with Gasteiger partial charge in [0.1, 0.15) is 11.8 Å². The number of carbonyl (C=O) groups excluding carboxylic acids is 1. The number of phenols is 1. The molecule has 0 spiro atoms. The molecule has 3 rings (SSSR count). The van der Waals surface area contributed by atoms with Gasteiger partial charge in [-0.25, -0.2) is 0 Å². The quantitative estimate of drug-likeness (QED) is 0.804. The molecule has 1 amide bonds. The van der Waals surface area contributed by atoms with Crippen LogP contribution in [0.2, 0.25) is 0 Å². The molecule has 4 nitrogen and oxygen atoms in total. The van der Waals surface area contributed by atoms with Crippen LogP contribution in [0.25, 0.3) is 0 Å². The van der Waals surface area contributed by atoms with E-state index in [2.05, 4.69) is 10.6 Å². The highest BCUT2D eigenvalue weighted by atomic mass is 16.3. The molecule has 1 unspecified atom stereocenters. The predicted molar refractivity (Wildman–Crippen MR) is 82.4 cm³/mol. The van der Waals surface area contributed by atoms with Crippen LogP contribution in [-0.2, 0) is 17.6 Å². The Balaban J connectivity index is 1.48. The molecule has 0 fully saturated rings. The van der Waals surface area contributed by atoms with Crippen molar-refractivity contribution < 1.29 is 9.90 Å². The Kier molecular flexibility index (Phi) is 3.77. The van der Waals surface area contributed by atoms with Crippen LogP contribution in [0.3, 0.4) is 0 Å². The molecule has 0 aliphatic carbocycles. The SMILES string of the molecule is O=C(NCCc1ccc(O)cc1)C1Cc2ccccc2N1. The Bertz CT molecular complexity index is 612. The third-order valence-electron chi connectivity index (χ3n) is 3.74. The molecule has 0 saturated carbocycles. The zero-order valence-electron chi connectivity index (χ0n) is 11.7. The number of fused-ring (bicyclic) bond motifs is 1. The molecule has 4 heteroatoms. The number of hydrogen-bond donors (Lipinski definition) is 3. The molecule has 0 aromatic heterocycles. The van der Waals surface area contributed by atoms with Crippen LogP contribution in [0.15, 0.2) is 48.5 Å². The molecule has 1 aliphatic rings. The lowest BCUT2D eigenvalue weighted by molar-refractivity contribution is -0.121. The Hall–Kier alpha value is -2.49. The molecule has 0 saturated heterocycles. The van der Waals surface area contributed by atoms with E-state index in [-0.39, 0.29) is 17.7 Å². The molecule has 21 heavy (non-hydrogen) atoms. The Morgan fingerprint density at radius 1 is 1.19 bits per heavy atom. The summed E-state index contributed by atoms with van der Waals surface area (Å²) in [6.07, 6.45) is 1.49. The van der Waals surface area contributed by atoms with Crippen LogP contribution in [-0.4, -0.2) is 23.6 Å². The van der Waals surface area contributed by atoms with Crippen molar-refractivity contribution in [2.45, 2.75) is 18.9 Å². The highest BCUT2D eigenvalue weighted by Gasteiger charge is 2.25. The van der Waals surface area contributed by atoms with E-state index in [1.807, 2.05) is 36.4 Å². The van der Waals surface area contributed by atoms with Gasteiger partial charge in [0.25, 0.3) is 0 Å². The minimum atomic E-state index is -0.179. The van der Waals surface area contributed by atoms with Crippen LogP contribution in [0, 0.1) is 0 Å². The fourth-order valence-corrected chi connectivity index (χ4v) is 2.57. The van der Waals surface area contributed by atoms with E-state index < -0.39 is 0 Å². The summed E-state index contributed by atoms with van der Waals surface area (Å²) in [4.78, 5) is 12.1. The number of amides is 1. The first-order chi connectivity index (χ1) is 10.2. The lowest BCUT2D eigenvalue weighted by Crippen LogP contribution is -2.39. The lowest BCUT2D eigenvalue weighted by atomic mass is 10.1. The van der Waals surface area contributed by atoms with Gasteiger partial charge in [-0.15, -0.1) is 0 Å². The van der Waals surface area contributed by atoms with Crippen LogP contribution < -0.4 is 10.6 Å². The van der Waals surface area contributed by atoms with E-state index in [1.54, 1.807) is 12.1 Å². The highest BCUT2D eigenvalue weighted by Crippen LogP contribution is 2.25. The van der Waals surface area contributed by atoms with E-state index in [1.165, 1.54) is 5.56 Å². The van der Waals surface area contributed by atoms with Gasteiger partial charge in [-0.1, -0.05) is 30.3 Å². The molecular weight excluding hydrogens is 264 g/mol. The van der Waals surface area contributed by atoms with Crippen molar-refractivity contribution in [1.82, 2.24) is 5.32 Å². The first-order valence-corrected chi connectivity index (χ1v) is 7.12. The molecule has 1 heterocycles. The zero-order chi connectivity index (χ0) is 14.7. The summed E-state index contributed by atoms with van der Waals surface area (Å²) in [6, 6.07) is 14.9. The highest BCUT2D eigenvalue weighted by molar-refractivity contribution is 5.87. The maximum absolute atomic E-state index is 12.1. The normalized spacial score (nSPS) is 16.1. The maximum Gasteiger partial charge on any atom is 0.242 e. The van der Waals surface area contributed by atoms with Gasteiger partial charge < -0.3 is 15.7 Å². The Morgan fingerprint density at radius 2 is 1.95 bits per heavy atom. The number of rotatable bonds is 4. The fourth-order valence-electron chi connectivity index (χ4n) is 2.57. The molecule has 2 aromatic carbocycles. The average Bonchev–Trinajstić information content (AvgIpc) is 2.93. The summed E-state index contributed by atoms with van der Waals surface area (Å²) >= 11 is 0. The van der Waals surface area contributed by atoms with Crippen LogP contribution in [0.4, 0.5) is 5.69 Å². The van der Waals surface area contributed by atoms with Crippen molar-refractivity contribution in [2.24, 2.45) is 0 Å². The van der Waals surface area contributed by atoms with E-state index >= 15 is 0 Å². The van der Waals surface area contributed by atoms with Gasteiger partial charge in [0.05, 0.1) is 0 Å². The topological polar surface area (TPSA) is 61.4 Å². The number of anilines is 1. The summed E-state index contributed by atoms with van der Waals surface area (Å²) in [6.45, 7) is 0.595. The summed E-state index contributed by atoms with van der Waals surface area (Å²) in [5.74, 6) is 0.292. The summed E-state index contributed by atoms with van der Waals surface area (Å²) in [5, 5.41) is 15.4. The van der Waals surface area contributed by atoms with Gasteiger partial charge in [-0.3, -0.25) is 4.79 Å². The number of nitrogens with one attached hydrogen (secondary N) is 2. The van der Waals surface area contributed by atoms with Gasteiger partial charge >= 0.3 is 0 Å². The second kappa shape index (κ2) is 5.87. The van der Waals surface area contributed by atoms with Crippen LogP contribution in [0.1, 0.15) is 11.1 Å². The number of carbonyl (C=O) groups is 1. The minimum absolute atomic E-state index is 0.0324. The summed E-state index contributed by atoms with van der Waals surface area (Å²) < 4.78 is 0. The molecule has 3 N–H and O–H groups in total. The van der Waals surface area contributed by atoms with E-state index in [4.69, 9.17) is 0 Å². The Morgan fingerprint density at radius 3 is 2.71 bits per heavy atom. The van der Waals surface area contributed by atoms with Crippen LogP contribution >= 0.6 is 0 Å². The first-order valence-electron chi connectivity index (χ1n) is 7.12. The first kappa shape index (κ1) is 13.5. The van der Waals surface area contributed by atoms with Crippen molar-refractivity contribution in [2.75, 3.05) is 11.9 Å². The Labute approximate surface area is 123 Å². The van der Waals surface area contributed by atoms with Crippen molar-refractivity contribution in [3.63, 3.8) is 0 Å². The maximum atomic E-state index is 12.1. The van der Waals surface area contributed by atoms with Gasteiger partial charge in [-0.05, 0) is 35.7 Å². The minimum Gasteiger partial charge on any atom is -0.508 e. The largest absolute Gasteiger partial charge is 0.508 e. The third kappa shape index (κ3) is 3.16. The standard InChI is InChI=1S/C17H18N2O2/c20-14-7-5-12(6-8-14)9-10-18-17(21)16-11-13-3-1-2-4-15(13)19-16/h1-8,16,19-20H,9-11H2,(H,18,21). The van der Waals surface area contributed by atoms with Gasteiger partial charge in [0.15, 0.2) is 0 Å². The lowest BCUT2D eigenvalue weighted by Gasteiger charge is -2.12. The van der Waals surface area contributed by atoms with Gasteiger partial charge in [0, 0.05) is 18.7 Å². The van der Waals surface area contributed by atoms with E-state index in [0.29, 0.717) is 6.54 Å². The molecule has 2 aromatic rings. The number of para-hydroxylation sites is 1. The number of aromatic hydroxyl groups is 1. The second-order valence-corrected chi connectivity index (χ2v) is 5.27. The molecular formula is C17H18N2O2. The van der Waals surface area contributed by atoms with Crippen molar-refractivity contribution in [3.8, 4) is 5.75 Å². The monoisotopic (exact) mass is 282 g/mol. The molecule has 0 bridgehead atoms. The predicted octanol–water partition coefficient (Wildman–Crippen LogP) is 2.09. The third-order valence-corrected chi connectivity index (χ3v) is 3.74. The molecule has 1 atom stereocenters. The van der Waals surface area contributed by atoms with Gasteiger partial charge in [-0.2, -0.15) is 0 Å². The van der Waals surface area contributed by atoms with Crippen molar-refractivity contribution in [3.05, 3.63) is 59.7 Å². The molecule has 1 aliphatic heterocycles. The van der Waals surface area contributed by atoms with E-state index in [0.717, 1.165) is 24.1 Å². The molecule has 108 valence electrons. The number of hydrogen-bond acceptors (Lipinski definition) is 3. The number of benzene rings is 2. The van der Waals surface area contributed by atoms with Crippen molar-refractivity contribution in [1.29, 1.82) is 0 Å². The zero-order valence-corrected chi connectivity index (χ0v) is 11.7. The number of phenolic OH excluding ortho intramolecular Hbond substituents is 1. The fraction of sp³-hybridized carbons (Fsp3) is 0.235. The van der Waals surface area contributed by atoms with Crippen LogP contribution in [0.5, 0.6) is 5.75 Å². The second-order valence-electron chi connectivity index (χ2n) is 5.27. The summed E-state index contributed by atoms with van der Waals surface area (Å²) in [5.41, 5.74) is 3.34. The smallest absolute Gasteiger partial charge is 0.242 e. The average molecular weight is 282 g/mol. The van der Waals surface area contributed by atoms with Gasteiger partial charge in [0.2, 0.25) is 5.91 Å². The molecule has 0 radical (unpaired) electrons. The summed E-state index contributed by atoms with van der Waals surface area (Å²) in [7, 11) is 0. The van der Waals surface area contributed by atoms with Crippen molar-refractivity contribution >= 4 is 11.6 Å².